The zero-order chi connectivity index (χ0) is 10.4. The molecule has 0 aromatic rings. The normalized spacial score (nSPS) is 23.1. The van der Waals surface area contributed by atoms with Crippen LogP contribution in [0.2, 0.25) is 0 Å². The van der Waals surface area contributed by atoms with Gasteiger partial charge in [-0.3, -0.25) is 5.32 Å². The van der Waals surface area contributed by atoms with E-state index in [1.54, 1.807) is 7.05 Å². The Bertz CT molecular complexity index is 226. The summed E-state index contributed by atoms with van der Waals surface area (Å²) in [5.74, 6) is 0.357. The van der Waals surface area contributed by atoms with Crippen LogP contribution in [-0.4, -0.2) is 32.2 Å². The minimum absolute atomic E-state index is 0.357. The zero-order valence-corrected chi connectivity index (χ0v) is 8.66. The van der Waals surface area contributed by atoms with E-state index in [-0.39, 0.29) is 0 Å². The smallest absolute Gasteiger partial charge is 0.213 e. The maximum atomic E-state index is 9.10. The van der Waals surface area contributed by atoms with E-state index in [0.29, 0.717) is 12.5 Å². The van der Waals surface area contributed by atoms with Gasteiger partial charge in [-0.1, -0.05) is 12.2 Å². The molecule has 3 N–H and O–H groups in total. The lowest BCUT2D eigenvalue weighted by molar-refractivity contribution is -0.122. The molecule has 0 saturated heterocycles. The average Bonchev–Trinajstić information content (AvgIpc) is 2.26. The Morgan fingerprint density at radius 1 is 1.64 bits per heavy atom. The number of nitrogens with one attached hydrogen (secondary N) is 2. The Morgan fingerprint density at radius 2 is 2.43 bits per heavy atom. The molecule has 0 spiro atoms. The number of ether oxygens (including phenoxy) is 1. The van der Waals surface area contributed by atoms with E-state index in [0.717, 1.165) is 12.1 Å². The standard InChI is InChI=1S/C10H18N2O2/c1-11-9-5-3-8(4-6-9)7-14-10(13)12-2/h3,5-6,8,10-13H,4,7H2,1-2H3/t8-,10?/m0/s1. The van der Waals surface area contributed by atoms with Gasteiger partial charge in [-0.05, 0) is 19.5 Å². The minimum atomic E-state index is -0.863. The Morgan fingerprint density at radius 3 is 2.93 bits per heavy atom. The highest BCUT2D eigenvalue weighted by molar-refractivity contribution is 5.21. The van der Waals surface area contributed by atoms with Gasteiger partial charge >= 0.3 is 0 Å². The van der Waals surface area contributed by atoms with E-state index >= 15 is 0 Å². The molecule has 1 aliphatic rings. The molecule has 1 rings (SSSR count). The van der Waals surface area contributed by atoms with Gasteiger partial charge in [0.2, 0.25) is 6.41 Å². The van der Waals surface area contributed by atoms with Gasteiger partial charge in [-0.25, -0.2) is 0 Å². The highest BCUT2D eigenvalue weighted by Crippen LogP contribution is 2.15. The summed E-state index contributed by atoms with van der Waals surface area (Å²) in [6.07, 6.45) is 6.33. The van der Waals surface area contributed by atoms with Crippen LogP contribution in [0.25, 0.3) is 0 Å². The van der Waals surface area contributed by atoms with Crippen molar-refractivity contribution >= 4 is 0 Å². The summed E-state index contributed by atoms with van der Waals surface area (Å²) in [5.41, 5.74) is 1.13. The predicted molar refractivity (Wildman–Crippen MR) is 55.4 cm³/mol. The first-order valence-electron chi connectivity index (χ1n) is 4.79. The molecule has 1 aliphatic carbocycles. The lowest BCUT2D eigenvalue weighted by Crippen LogP contribution is -2.29. The molecule has 0 amide bonds. The molecular formula is C10H18N2O2. The quantitative estimate of drug-likeness (QED) is 0.552. The lowest BCUT2D eigenvalue weighted by atomic mass is 10.0. The van der Waals surface area contributed by atoms with Crippen LogP contribution >= 0.6 is 0 Å². The summed E-state index contributed by atoms with van der Waals surface area (Å²) >= 11 is 0. The van der Waals surface area contributed by atoms with Gasteiger partial charge in [-0.15, -0.1) is 0 Å². The van der Waals surface area contributed by atoms with Crippen LogP contribution in [0.3, 0.4) is 0 Å². The van der Waals surface area contributed by atoms with E-state index in [2.05, 4.69) is 22.8 Å². The summed E-state index contributed by atoms with van der Waals surface area (Å²) in [7, 11) is 3.55. The van der Waals surface area contributed by atoms with Crippen molar-refractivity contribution in [2.45, 2.75) is 12.8 Å². The van der Waals surface area contributed by atoms with Crippen LogP contribution in [0.4, 0.5) is 0 Å². The number of rotatable bonds is 5. The Kier molecular flexibility index (Phi) is 4.65. The van der Waals surface area contributed by atoms with Gasteiger partial charge in [0.05, 0.1) is 6.61 Å². The van der Waals surface area contributed by atoms with Crippen molar-refractivity contribution in [3.05, 3.63) is 23.9 Å². The molecule has 14 heavy (non-hydrogen) atoms. The first kappa shape index (κ1) is 11.2. The molecule has 0 saturated carbocycles. The summed E-state index contributed by atoms with van der Waals surface area (Å²) in [4.78, 5) is 0. The van der Waals surface area contributed by atoms with E-state index in [4.69, 9.17) is 9.84 Å². The van der Waals surface area contributed by atoms with Crippen molar-refractivity contribution in [3.63, 3.8) is 0 Å². The van der Waals surface area contributed by atoms with E-state index in [1.807, 2.05) is 13.1 Å². The third kappa shape index (κ3) is 3.49. The lowest BCUT2D eigenvalue weighted by Gasteiger charge is -2.18. The van der Waals surface area contributed by atoms with Gasteiger partial charge in [0.1, 0.15) is 0 Å². The van der Waals surface area contributed by atoms with Crippen molar-refractivity contribution in [2.75, 3.05) is 20.7 Å². The summed E-state index contributed by atoms with van der Waals surface area (Å²) in [6.45, 7) is 0.534. The molecule has 4 heteroatoms. The fourth-order valence-corrected chi connectivity index (χ4v) is 1.27. The van der Waals surface area contributed by atoms with Gasteiger partial charge in [0.25, 0.3) is 0 Å². The fourth-order valence-electron chi connectivity index (χ4n) is 1.27. The molecule has 2 atom stereocenters. The maximum absolute atomic E-state index is 9.10. The Labute approximate surface area is 84.6 Å². The van der Waals surface area contributed by atoms with Crippen molar-refractivity contribution in [1.29, 1.82) is 0 Å². The Balaban J connectivity index is 2.24. The number of hydrogen-bond acceptors (Lipinski definition) is 4. The summed E-state index contributed by atoms with van der Waals surface area (Å²) in [5, 5.41) is 14.8. The molecule has 1 unspecified atom stereocenters. The molecular weight excluding hydrogens is 180 g/mol. The van der Waals surface area contributed by atoms with Gasteiger partial charge < -0.3 is 15.2 Å². The van der Waals surface area contributed by atoms with Gasteiger partial charge in [0, 0.05) is 18.7 Å². The van der Waals surface area contributed by atoms with Crippen LogP contribution in [0, 0.1) is 5.92 Å². The second-order valence-electron chi connectivity index (χ2n) is 3.24. The van der Waals surface area contributed by atoms with E-state index in [9.17, 15) is 0 Å². The van der Waals surface area contributed by atoms with Crippen molar-refractivity contribution in [3.8, 4) is 0 Å². The van der Waals surface area contributed by atoms with Crippen molar-refractivity contribution < 1.29 is 9.84 Å². The third-order valence-electron chi connectivity index (χ3n) is 2.19. The van der Waals surface area contributed by atoms with Gasteiger partial charge in [-0.2, -0.15) is 0 Å². The molecule has 0 radical (unpaired) electrons. The number of aliphatic hydroxyl groups excluding tert-OH is 1. The molecule has 0 fully saturated rings. The molecule has 0 aliphatic heterocycles. The molecule has 80 valence electrons. The second-order valence-corrected chi connectivity index (χ2v) is 3.24. The molecule has 0 bridgehead atoms. The number of allylic oxidation sites excluding steroid dienone is 2. The predicted octanol–water partition coefficient (Wildman–Crippen LogP) is 0.178. The second kappa shape index (κ2) is 5.80. The topological polar surface area (TPSA) is 53.5 Å². The first-order valence-corrected chi connectivity index (χ1v) is 4.79. The Hall–Kier alpha value is -0.840. The molecule has 0 aromatic heterocycles. The first-order chi connectivity index (χ1) is 6.76. The fraction of sp³-hybridized carbons (Fsp3) is 0.600. The molecule has 0 heterocycles. The number of hydrogen-bond donors (Lipinski definition) is 3. The zero-order valence-electron chi connectivity index (χ0n) is 8.66. The SMILES string of the molecule is CNC1=CC[C@@H](COC(O)NC)C=C1. The number of likely N-dealkylation sites (N-methyl/N-ethyl adjacent to an activating group) is 1. The van der Waals surface area contributed by atoms with Crippen LogP contribution in [0.1, 0.15) is 6.42 Å². The highest BCUT2D eigenvalue weighted by Gasteiger charge is 2.10. The van der Waals surface area contributed by atoms with E-state index < -0.39 is 6.41 Å². The van der Waals surface area contributed by atoms with Crippen LogP contribution in [0.5, 0.6) is 0 Å². The maximum Gasteiger partial charge on any atom is 0.213 e. The summed E-state index contributed by atoms with van der Waals surface area (Å²) < 4.78 is 5.14. The van der Waals surface area contributed by atoms with Crippen LogP contribution in [0.15, 0.2) is 23.9 Å². The number of aliphatic hydroxyl groups is 1. The van der Waals surface area contributed by atoms with Gasteiger partial charge in [0.15, 0.2) is 0 Å². The largest absolute Gasteiger partial charge is 0.388 e. The van der Waals surface area contributed by atoms with Crippen LogP contribution in [-0.2, 0) is 4.74 Å². The van der Waals surface area contributed by atoms with E-state index in [1.165, 1.54) is 0 Å². The molecule has 4 nitrogen and oxygen atoms in total. The highest BCUT2D eigenvalue weighted by atomic mass is 16.6. The monoisotopic (exact) mass is 198 g/mol. The van der Waals surface area contributed by atoms with Crippen LogP contribution < -0.4 is 10.6 Å². The minimum Gasteiger partial charge on any atom is -0.388 e. The average molecular weight is 198 g/mol. The van der Waals surface area contributed by atoms with Crippen molar-refractivity contribution in [2.24, 2.45) is 5.92 Å². The molecule has 0 aromatic carbocycles. The van der Waals surface area contributed by atoms with Crippen molar-refractivity contribution in [1.82, 2.24) is 10.6 Å². The summed E-state index contributed by atoms with van der Waals surface area (Å²) in [6, 6.07) is 0. The third-order valence-corrected chi connectivity index (χ3v) is 2.19.